The van der Waals surface area contributed by atoms with E-state index in [0.717, 1.165) is 36.1 Å². The molecule has 30 heavy (non-hydrogen) atoms. The molecule has 7 nitrogen and oxygen atoms in total. The Morgan fingerprint density at radius 3 is 2.90 bits per heavy atom. The Labute approximate surface area is 175 Å². The molecule has 3 aromatic rings. The van der Waals surface area contributed by atoms with E-state index in [4.69, 9.17) is 0 Å². The second-order valence-electron chi connectivity index (χ2n) is 7.50. The number of hydrogen-bond donors (Lipinski definition) is 2. The fourth-order valence-electron chi connectivity index (χ4n) is 3.82. The summed E-state index contributed by atoms with van der Waals surface area (Å²) in [7, 11) is 0. The van der Waals surface area contributed by atoms with E-state index in [-0.39, 0.29) is 17.7 Å². The molecule has 1 fully saturated rings. The van der Waals surface area contributed by atoms with Gasteiger partial charge in [-0.1, -0.05) is 25.1 Å². The van der Waals surface area contributed by atoms with Gasteiger partial charge in [0.25, 0.3) is 5.91 Å². The maximum absolute atomic E-state index is 13.0. The normalized spacial score (nSPS) is 16.3. The number of likely N-dealkylation sites (tertiary alicyclic amines) is 1. The van der Waals surface area contributed by atoms with Gasteiger partial charge in [-0.2, -0.15) is 5.10 Å². The number of aromatic nitrogens is 3. The van der Waals surface area contributed by atoms with Gasteiger partial charge in [0.05, 0.1) is 11.6 Å². The monoisotopic (exact) mass is 403 g/mol. The average molecular weight is 403 g/mol. The van der Waals surface area contributed by atoms with Gasteiger partial charge in [-0.3, -0.25) is 19.7 Å². The lowest BCUT2D eigenvalue weighted by Crippen LogP contribution is -2.44. The van der Waals surface area contributed by atoms with Crippen LogP contribution in [0, 0.1) is 5.92 Å². The molecule has 1 aliphatic rings. The minimum absolute atomic E-state index is 0.0333. The van der Waals surface area contributed by atoms with Gasteiger partial charge in [-0.15, -0.1) is 0 Å². The fourth-order valence-corrected chi connectivity index (χ4v) is 3.82. The van der Waals surface area contributed by atoms with E-state index in [2.05, 4.69) is 27.4 Å². The molecule has 2 N–H and O–H groups in total. The summed E-state index contributed by atoms with van der Waals surface area (Å²) in [4.78, 5) is 31.7. The summed E-state index contributed by atoms with van der Waals surface area (Å²) in [5, 5.41) is 10.1. The lowest BCUT2D eigenvalue weighted by molar-refractivity contribution is -0.121. The molecule has 0 unspecified atom stereocenters. The number of para-hydroxylation sites is 1. The van der Waals surface area contributed by atoms with Crippen LogP contribution in [0.2, 0.25) is 0 Å². The van der Waals surface area contributed by atoms with Crippen LogP contribution < -0.4 is 5.32 Å². The zero-order valence-corrected chi connectivity index (χ0v) is 17.0. The predicted molar refractivity (Wildman–Crippen MR) is 115 cm³/mol. The van der Waals surface area contributed by atoms with Gasteiger partial charge in [-0.25, -0.2) is 0 Å². The highest BCUT2D eigenvalue weighted by Gasteiger charge is 2.30. The molecular formula is C23H25N5O2. The smallest absolute Gasteiger partial charge is 0.271 e. The molecule has 3 heterocycles. The van der Waals surface area contributed by atoms with E-state index in [1.54, 1.807) is 23.4 Å². The van der Waals surface area contributed by atoms with Gasteiger partial charge in [0.15, 0.2) is 0 Å². The third-order valence-corrected chi connectivity index (χ3v) is 5.50. The number of aryl methyl sites for hydroxylation is 1. The molecule has 4 rings (SSSR count). The first-order valence-corrected chi connectivity index (χ1v) is 10.3. The number of aromatic amines is 1. The zero-order chi connectivity index (χ0) is 20.9. The van der Waals surface area contributed by atoms with Crippen molar-refractivity contribution in [3.8, 4) is 11.3 Å². The second-order valence-corrected chi connectivity index (χ2v) is 7.50. The molecule has 154 valence electrons. The molecule has 1 aliphatic heterocycles. The van der Waals surface area contributed by atoms with Crippen LogP contribution in [0.3, 0.4) is 0 Å². The van der Waals surface area contributed by atoms with E-state index in [1.165, 1.54) is 0 Å². The Bertz CT molecular complexity index is 1030. The molecule has 2 aromatic heterocycles. The van der Waals surface area contributed by atoms with Gasteiger partial charge < -0.3 is 10.2 Å². The Morgan fingerprint density at radius 2 is 2.10 bits per heavy atom. The van der Waals surface area contributed by atoms with Crippen molar-refractivity contribution in [3.63, 3.8) is 0 Å². The summed E-state index contributed by atoms with van der Waals surface area (Å²) in [5.74, 6) is -0.397. The van der Waals surface area contributed by atoms with Gasteiger partial charge in [0, 0.05) is 36.7 Å². The summed E-state index contributed by atoms with van der Waals surface area (Å²) in [6, 6.07) is 13.3. The van der Waals surface area contributed by atoms with Crippen molar-refractivity contribution in [2.75, 3.05) is 18.4 Å². The number of carbonyl (C=O) groups is 2. The van der Waals surface area contributed by atoms with Crippen LogP contribution in [0.5, 0.6) is 0 Å². The van der Waals surface area contributed by atoms with E-state index in [9.17, 15) is 9.59 Å². The minimum Gasteiger partial charge on any atom is -0.337 e. The summed E-state index contributed by atoms with van der Waals surface area (Å²) in [6.07, 6.45) is 5.82. The Morgan fingerprint density at radius 1 is 1.23 bits per heavy atom. The fraction of sp³-hybridized carbons (Fsp3) is 0.304. The van der Waals surface area contributed by atoms with Gasteiger partial charge in [0.1, 0.15) is 5.69 Å². The van der Waals surface area contributed by atoms with Crippen LogP contribution in [0.25, 0.3) is 11.3 Å². The second kappa shape index (κ2) is 8.90. The number of amides is 2. The molecule has 0 spiro atoms. The summed E-state index contributed by atoms with van der Waals surface area (Å²) in [6.45, 7) is 3.10. The van der Waals surface area contributed by atoms with Crippen molar-refractivity contribution < 1.29 is 9.59 Å². The first-order valence-electron chi connectivity index (χ1n) is 10.3. The van der Waals surface area contributed by atoms with E-state index >= 15 is 0 Å². The van der Waals surface area contributed by atoms with E-state index < -0.39 is 0 Å². The maximum Gasteiger partial charge on any atom is 0.271 e. The summed E-state index contributed by atoms with van der Waals surface area (Å²) < 4.78 is 0. The molecule has 0 saturated carbocycles. The van der Waals surface area contributed by atoms with Crippen molar-refractivity contribution >= 4 is 17.5 Å². The number of pyridine rings is 1. The van der Waals surface area contributed by atoms with Crippen molar-refractivity contribution in [2.24, 2.45) is 5.92 Å². The van der Waals surface area contributed by atoms with Crippen LogP contribution in [0.4, 0.5) is 5.69 Å². The first-order chi connectivity index (χ1) is 14.7. The van der Waals surface area contributed by atoms with E-state index in [0.29, 0.717) is 24.5 Å². The van der Waals surface area contributed by atoms with Crippen LogP contribution in [0.15, 0.2) is 54.9 Å². The third kappa shape index (κ3) is 4.25. The number of piperidine rings is 1. The molecule has 7 heteroatoms. The molecule has 0 aliphatic carbocycles. The van der Waals surface area contributed by atoms with Crippen LogP contribution in [0.1, 0.15) is 35.8 Å². The van der Waals surface area contributed by atoms with E-state index in [1.807, 2.05) is 36.4 Å². The highest BCUT2D eigenvalue weighted by atomic mass is 16.2. The molecule has 2 amide bonds. The standard InChI is InChI=1S/C23H25N5O2/c1-2-16-7-3-4-10-19(16)25-22(29)18-9-6-12-28(15-18)23(30)21-13-20(26-27-21)17-8-5-11-24-14-17/h3-5,7-8,10-11,13-14,18H,2,6,9,12,15H2,1H3,(H,25,29)(H,26,27)/t18-/m1/s1. The number of hydrogen-bond acceptors (Lipinski definition) is 4. The van der Waals surface area contributed by atoms with Gasteiger partial charge in [-0.05, 0) is 49.1 Å². The van der Waals surface area contributed by atoms with Crippen molar-refractivity contribution in [2.45, 2.75) is 26.2 Å². The number of rotatable bonds is 5. The first kappa shape index (κ1) is 19.8. The lowest BCUT2D eigenvalue weighted by Gasteiger charge is -2.31. The SMILES string of the molecule is CCc1ccccc1NC(=O)[C@@H]1CCCN(C(=O)c2cc(-c3cccnc3)n[nH]2)C1. The lowest BCUT2D eigenvalue weighted by atomic mass is 9.96. The quantitative estimate of drug-likeness (QED) is 0.682. The van der Waals surface area contributed by atoms with Gasteiger partial charge >= 0.3 is 0 Å². The maximum atomic E-state index is 13.0. The van der Waals surface area contributed by atoms with Crippen LogP contribution in [-0.4, -0.2) is 45.0 Å². The molecule has 1 atom stereocenters. The molecule has 1 aromatic carbocycles. The number of benzene rings is 1. The van der Waals surface area contributed by atoms with Crippen LogP contribution >= 0.6 is 0 Å². The number of H-pyrrole nitrogens is 1. The topological polar surface area (TPSA) is 91.0 Å². The van der Waals surface area contributed by atoms with Crippen molar-refractivity contribution in [1.29, 1.82) is 0 Å². The average Bonchev–Trinajstić information content (AvgIpc) is 3.30. The van der Waals surface area contributed by atoms with Crippen molar-refractivity contribution in [3.05, 3.63) is 66.1 Å². The Balaban J connectivity index is 1.43. The highest BCUT2D eigenvalue weighted by Crippen LogP contribution is 2.23. The largest absolute Gasteiger partial charge is 0.337 e. The minimum atomic E-state index is -0.228. The van der Waals surface area contributed by atoms with Crippen molar-refractivity contribution in [1.82, 2.24) is 20.1 Å². The summed E-state index contributed by atoms with van der Waals surface area (Å²) >= 11 is 0. The Kier molecular flexibility index (Phi) is 5.88. The van der Waals surface area contributed by atoms with Gasteiger partial charge in [0.2, 0.25) is 5.91 Å². The molecular weight excluding hydrogens is 378 g/mol. The molecule has 0 radical (unpaired) electrons. The number of carbonyl (C=O) groups excluding carboxylic acids is 2. The zero-order valence-electron chi connectivity index (χ0n) is 17.0. The third-order valence-electron chi connectivity index (χ3n) is 5.50. The summed E-state index contributed by atoms with van der Waals surface area (Å²) in [5.41, 5.74) is 3.90. The molecule has 0 bridgehead atoms. The van der Waals surface area contributed by atoms with Crippen LogP contribution in [-0.2, 0) is 11.2 Å². The number of anilines is 1. The number of nitrogens with one attached hydrogen (secondary N) is 2. The highest BCUT2D eigenvalue weighted by molar-refractivity contribution is 5.96. The number of nitrogens with zero attached hydrogens (tertiary/aromatic N) is 3. The predicted octanol–water partition coefficient (Wildman–Crippen LogP) is 3.53. The molecule has 1 saturated heterocycles. The Hall–Kier alpha value is -3.48.